The first-order chi connectivity index (χ1) is 10.4. The Morgan fingerprint density at radius 2 is 2.09 bits per heavy atom. The first-order valence-corrected chi connectivity index (χ1v) is 8.37. The molecule has 3 aliphatic rings. The maximum atomic E-state index is 12.7. The maximum Gasteiger partial charge on any atom is 0.325 e. The second kappa shape index (κ2) is 5.56. The van der Waals surface area contributed by atoms with Crippen LogP contribution in [0, 0.1) is 11.8 Å². The summed E-state index contributed by atoms with van der Waals surface area (Å²) < 4.78 is 0. The lowest BCUT2D eigenvalue weighted by atomic mass is 9.73. The fraction of sp³-hybridized carbons (Fsp3) is 0.812. The van der Waals surface area contributed by atoms with E-state index in [0.29, 0.717) is 12.3 Å². The first kappa shape index (κ1) is 15.3. The zero-order valence-corrected chi connectivity index (χ0v) is 13.4. The van der Waals surface area contributed by atoms with Gasteiger partial charge in [0, 0.05) is 6.04 Å². The molecule has 4 amide bonds. The summed E-state index contributed by atoms with van der Waals surface area (Å²) in [6.45, 7) is 3.82. The van der Waals surface area contributed by atoms with Crippen LogP contribution in [0.3, 0.4) is 0 Å². The summed E-state index contributed by atoms with van der Waals surface area (Å²) in [7, 11) is 0. The average Bonchev–Trinajstić information content (AvgIpc) is 3.28. The van der Waals surface area contributed by atoms with Crippen LogP contribution in [0.5, 0.6) is 0 Å². The van der Waals surface area contributed by atoms with Gasteiger partial charge in [0.15, 0.2) is 0 Å². The zero-order chi connectivity index (χ0) is 15.9. The molecule has 1 heterocycles. The van der Waals surface area contributed by atoms with Gasteiger partial charge in [0.05, 0.1) is 0 Å². The predicted octanol–water partition coefficient (Wildman–Crippen LogP) is 1.40. The number of imide groups is 1. The van der Waals surface area contributed by atoms with E-state index in [1.54, 1.807) is 0 Å². The molecule has 2 aliphatic carbocycles. The molecule has 0 unspecified atom stereocenters. The van der Waals surface area contributed by atoms with Crippen LogP contribution in [0.2, 0.25) is 0 Å². The van der Waals surface area contributed by atoms with Crippen LogP contribution in [-0.4, -0.2) is 40.9 Å². The number of carbonyl (C=O) groups excluding carboxylic acids is 3. The molecule has 1 aliphatic heterocycles. The molecule has 22 heavy (non-hydrogen) atoms. The quantitative estimate of drug-likeness (QED) is 0.771. The molecule has 122 valence electrons. The standard InChI is InChI=1S/C16H25N3O3/c1-10-5-3-4-8-16(10)14(21)19(15(22)18-16)9-13(20)17-11(2)12-6-7-12/h10-12H,3-9H2,1-2H3,(H,17,20)(H,18,22)/t10-,11+,16-/m1/s1. The highest BCUT2D eigenvalue weighted by molar-refractivity contribution is 6.09. The second-order valence-electron chi connectivity index (χ2n) is 7.13. The van der Waals surface area contributed by atoms with Gasteiger partial charge in [0.25, 0.3) is 5.91 Å². The lowest BCUT2D eigenvalue weighted by Gasteiger charge is -2.36. The Morgan fingerprint density at radius 1 is 1.36 bits per heavy atom. The molecule has 6 heteroatoms. The molecule has 3 fully saturated rings. The van der Waals surface area contributed by atoms with Crippen LogP contribution >= 0.6 is 0 Å². The Balaban J connectivity index is 1.65. The molecule has 0 aromatic carbocycles. The van der Waals surface area contributed by atoms with Crippen LogP contribution in [0.1, 0.15) is 52.4 Å². The molecule has 0 aromatic rings. The van der Waals surface area contributed by atoms with Crippen molar-refractivity contribution >= 4 is 17.8 Å². The van der Waals surface area contributed by atoms with Crippen molar-refractivity contribution in [3.63, 3.8) is 0 Å². The highest BCUT2D eigenvalue weighted by Gasteiger charge is 2.55. The first-order valence-electron chi connectivity index (χ1n) is 8.37. The SMILES string of the molecule is C[C@H](NC(=O)CN1C(=O)N[C@@]2(CCCC[C@H]2C)C1=O)C1CC1. The van der Waals surface area contributed by atoms with Gasteiger partial charge in [-0.2, -0.15) is 0 Å². The van der Waals surface area contributed by atoms with E-state index in [4.69, 9.17) is 0 Å². The van der Waals surface area contributed by atoms with E-state index in [-0.39, 0.29) is 30.3 Å². The van der Waals surface area contributed by atoms with Crippen LogP contribution < -0.4 is 10.6 Å². The summed E-state index contributed by atoms with van der Waals surface area (Å²) >= 11 is 0. The molecule has 3 rings (SSSR count). The number of hydrogen-bond donors (Lipinski definition) is 2. The molecule has 2 saturated carbocycles. The van der Waals surface area contributed by atoms with Gasteiger partial charge < -0.3 is 10.6 Å². The van der Waals surface area contributed by atoms with Gasteiger partial charge in [-0.3, -0.25) is 14.5 Å². The van der Waals surface area contributed by atoms with E-state index in [1.165, 1.54) is 0 Å². The summed E-state index contributed by atoms with van der Waals surface area (Å²) in [5.41, 5.74) is -0.780. The highest BCUT2D eigenvalue weighted by atomic mass is 16.2. The monoisotopic (exact) mass is 307 g/mol. The van der Waals surface area contributed by atoms with Crippen molar-refractivity contribution in [2.45, 2.75) is 64.0 Å². The van der Waals surface area contributed by atoms with E-state index in [2.05, 4.69) is 10.6 Å². The van der Waals surface area contributed by atoms with Crippen molar-refractivity contribution in [1.29, 1.82) is 0 Å². The molecule has 2 N–H and O–H groups in total. The zero-order valence-electron chi connectivity index (χ0n) is 13.4. The van der Waals surface area contributed by atoms with E-state index in [9.17, 15) is 14.4 Å². The number of hydrogen-bond acceptors (Lipinski definition) is 3. The fourth-order valence-corrected chi connectivity index (χ4v) is 3.80. The minimum absolute atomic E-state index is 0.121. The van der Waals surface area contributed by atoms with E-state index < -0.39 is 11.6 Å². The number of rotatable bonds is 4. The normalized spacial score (nSPS) is 33.0. The minimum atomic E-state index is -0.780. The third-order valence-electron chi connectivity index (χ3n) is 5.52. The number of nitrogens with zero attached hydrogens (tertiary/aromatic N) is 1. The fourth-order valence-electron chi connectivity index (χ4n) is 3.80. The number of amides is 4. The summed E-state index contributed by atoms with van der Waals surface area (Å²) in [4.78, 5) is 38.1. The molecule has 0 aromatic heterocycles. The Morgan fingerprint density at radius 3 is 2.73 bits per heavy atom. The summed E-state index contributed by atoms with van der Waals surface area (Å²) in [5, 5.41) is 5.77. The molecular formula is C16H25N3O3. The summed E-state index contributed by atoms with van der Waals surface area (Å²) in [5.74, 6) is 0.204. The predicted molar refractivity (Wildman–Crippen MR) is 80.9 cm³/mol. The van der Waals surface area contributed by atoms with E-state index in [1.807, 2.05) is 13.8 Å². The van der Waals surface area contributed by atoms with Crippen LogP contribution in [0.15, 0.2) is 0 Å². The topological polar surface area (TPSA) is 78.5 Å². The van der Waals surface area contributed by atoms with Crippen molar-refractivity contribution in [2.24, 2.45) is 11.8 Å². The van der Waals surface area contributed by atoms with Crippen LogP contribution in [-0.2, 0) is 9.59 Å². The Bertz CT molecular complexity index is 503. The molecule has 6 nitrogen and oxygen atoms in total. The van der Waals surface area contributed by atoms with Gasteiger partial charge in [-0.1, -0.05) is 19.8 Å². The Kier molecular flexibility index (Phi) is 3.87. The van der Waals surface area contributed by atoms with E-state index >= 15 is 0 Å². The molecule has 1 spiro atoms. The van der Waals surface area contributed by atoms with Crippen molar-refractivity contribution in [3.05, 3.63) is 0 Å². The number of urea groups is 1. The van der Waals surface area contributed by atoms with Crippen molar-refractivity contribution in [2.75, 3.05) is 6.54 Å². The average molecular weight is 307 g/mol. The molecule has 1 saturated heterocycles. The van der Waals surface area contributed by atoms with Gasteiger partial charge in [0.1, 0.15) is 12.1 Å². The summed E-state index contributed by atoms with van der Waals surface area (Å²) in [6, 6.07) is -0.302. The van der Waals surface area contributed by atoms with Gasteiger partial charge in [-0.25, -0.2) is 4.79 Å². The second-order valence-corrected chi connectivity index (χ2v) is 7.13. The van der Waals surface area contributed by atoms with Gasteiger partial charge in [-0.05, 0) is 44.4 Å². The van der Waals surface area contributed by atoms with Crippen molar-refractivity contribution in [1.82, 2.24) is 15.5 Å². The smallest absolute Gasteiger partial charge is 0.325 e. The third-order valence-corrected chi connectivity index (χ3v) is 5.52. The van der Waals surface area contributed by atoms with E-state index in [0.717, 1.165) is 37.0 Å². The van der Waals surface area contributed by atoms with Crippen LogP contribution in [0.4, 0.5) is 4.79 Å². The number of nitrogens with one attached hydrogen (secondary N) is 2. The highest BCUT2D eigenvalue weighted by Crippen LogP contribution is 2.38. The largest absolute Gasteiger partial charge is 0.352 e. The minimum Gasteiger partial charge on any atom is -0.352 e. The maximum absolute atomic E-state index is 12.7. The van der Waals surface area contributed by atoms with Gasteiger partial charge in [-0.15, -0.1) is 0 Å². The van der Waals surface area contributed by atoms with Gasteiger partial charge in [0.2, 0.25) is 5.91 Å². The van der Waals surface area contributed by atoms with Crippen molar-refractivity contribution in [3.8, 4) is 0 Å². The van der Waals surface area contributed by atoms with Gasteiger partial charge >= 0.3 is 6.03 Å². The molecule has 3 atom stereocenters. The Labute approximate surface area is 131 Å². The molecule has 0 radical (unpaired) electrons. The molecular weight excluding hydrogens is 282 g/mol. The molecule has 0 bridgehead atoms. The Hall–Kier alpha value is -1.59. The van der Waals surface area contributed by atoms with Crippen LogP contribution in [0.25, 0.3) is 0 Å². The lowest BCUT2D eigenvalue weighted by molar-refractivity contribution is -0.137. The third kappa shape index (κ3) is 2.59. The number of carbonyl (C=O) groups is 3. The summed E-state index contributed by atoms with van der Waals surface area (Å²) in [6.07, 6.45) is 5.93. The lowest BCUT2D eigenvalue weighted by Crippen LogP contribution is -2.54. The van der Waals surface area contributed by atoms with Crippen molar-refractivity contribution < 1.29 is 14.4 Å².